The second-order valence-corrected chi connectivity index (χ2v) is 7.44. The van der Waals surface area contributed by atoms with Crippen molar-refractivity contribution in [2.45, 2.75) is 19.7 Å². The van der Waals surface area contributed by atoms with Gasteiger partial charge in [0, 0.05) is 13.1 Å². The fourth-order valence-electron chi connectivity index (χ4n) is 2.85. The number of hydrogen-bond acceptors (Lipinski definition) is 4. The van der Waals surface area contributed by atoms with Crippen molar-refractivity contribution in [2.75, 3.05) is 7.11 Å². The average Bonchev–Trinajstić information content (AvgIpc) is 2.75. The molecule has 0 saturated carbocycles. The van der Waals surface area contributed by atoms with Crippen LogP contribution in [0.25, 0.3) is 0 Å². The van der Waals surface area contributed by atoms with E-state index < -0.39 is 5.97 Å². The van der Waals surface area contributed by atoms with E-state index in [1.54, 1.807) is 43.5 Å². The van der Waals surface area contributed by atoms with E-state index in [9.17, 15) is 4.79 Å². The first-order valence-corrected chi connectivity index (χ1v) is 9.98. The molecule has 0 heterocycles. The number of carboxylic acid groups (broad SMARTS) is 1. The third-order valence-corrected chi connectivity index (χ3v) is 5.20. The van der Waals surface area contributed by atoms with Crippen LogP contribution in [0.1, 0.15) is 27.0 Å². The molecule has 8 heteroatoms. The van der Waals surface area contributed by atoms with Crippen molar-refractivity contribution in [3.8, 4) is 11.5 Å². The van der Waals surface area contributed by atoms with Crippen LogP contribution < -0.4 is 14.8 Å². The van der Waals surface area contributed by atoms with Gasteiger partial charge in [-0.05, 0) is 53.1 Å². The fraction of sp³-hybridized carbons (Fsp3) is 0.174. The van der Waals surface area contributed by atoms with Gasteiger partial charge in [-0.2, -0.15) is 0 Å². The summed E-state index contributed by atoms with van der Waals surface area (Å²) >= 11 is 12.0. The van der Waals surface area contributed by atoms with Crippen molar-refractivity contribution in [1.29, 1.82) is 0 Å². The molecule has 0 aromatic heterocycles. The quantitative estimate of drug-likeness (QED) is 0.392. The summed E-state index contributed by atoms with van der Waals surface area (Å²) in [6, 6.07) is 17.9. The number of halogens is 3. The zero-order valence-corrected chi connectivity index (χ0v) is 19.1. The maximum atomic E-state index is 10.9. The highest BCUT2D eigenvalue weighted by atomic mass is 35.5. The fourth-order valence-corrected chi connectivity index (χ4v) is 3.17. The van der Waals surface area contributed by atoms with E-state index in [1.807, 2.05) is 24.3 Å². The van der Waals surface area contributed by atoms with Gasteiger partial charge in [-0.15, -0.1) is 12.4 Å². The van der Waals surface area contributed by atoms with Gasteiger partial charge >= 0.3 is 5.97 Å². The van der Waals surface area contributed by atoms with Crippen LogP contribution in [-0.2, 0) is 19.7 Å². The lowest BCUT2D eigenvalue weighted by atomic mass is 10.1. The third kappa shape index (κ3) is 7.04. The number of carboxylic acids is 1. The summed E-state index contributed by atoms with van der Waals surface area (Å²) in [5, 5.41) is 13.3. The van der Waals surface area contributed by atoms with Crippen molar-refractivity contribution in [2.24, 2.45) is 0 Å². The maximum absolute atomic E-state index is 10.9. The van der Waals surface area contributed by atoms with Gasteiger partial charge in [0.1, 0.15) is 6.61 Å². The molecule has 0 saturated heterocycles. The molecule has 0 aliphatic rings. The van der Waals surface area contributed by atoms with Crippen LogP contribution >= 0.6 is 35.6 Å². The Hall–Kier alpha value is -2.44. The molecule has 0 aliphatic carbocycles. The zero-order chi connectivity index (χ0) is 21.5. The van der Waals surface area contributed by atoms with Crippen LogP contribution in [0.2, 0.25) is 10.0 Å². The first-order chi connectivity index (χ1) is 14.5. The summed E-state index contributed by atoms with van der Waals surface area (Å²) in [4.78, 5) is 10.9. The van der Waals surface area contributed by atoms with Crippen molar-refractivity contribution in [3.05, 3.63) is 93.0 Å². The molecule has 0 spiro atoms. The summed E-state index contributed by atoms with van der Waals surface area (Å²) in [5.41, 5.74) is 3.23. The summed E-state index contributed by atoms with van der Waals surface area (Å²) in [6.45, 7) is 1.60. The Bertz CT molecular complexity index is 1030. The normalized spacial score (nSPS) is 10.3. The summed E-state index contributed by atoms with van der Waals surface area (Å²) < 4.78 is 11.3. The molecule has 0 fully saturated rings. The number of methoxy groups -OCH3 is 1. The van der Waals surface area contributed by atoms with Crippen molar-refractivity contribution in [3.63, 3.8) is 0 Å². The Labute approximate surface area is 197 Å². The van der Waals surface area contributed by atoms with E-state index in [2.05, 4.69) is 5.32 Å². The molecule has 0 amide bonds. The number of carbonyl (C=O) groups is 1. The van der Waals surface area contributed by atoms with Crippen LogP contribution in [0.3, 0.4) is 0 Å². The number of nitrogens with one attached hydrogen (secondary N) is 1. The van der Waals surface area contributed by atoms with Gasteiger partial charge in [0.05, 0.1) is 22.7 Å². The Kier molecular flexibility index (Phi) is 9.46. The topological polar surface area (TPSA) is 67.8 Å². The molecule has 0 atom stereocenters. The highest BCUT2D eigenvalue weighted by molar-refractivity contribution is 6.42. The smallest absolute Gasteiger partial charge is 0.335 e. The number of ether oxygens (including phenoxy) is 2. The number of benzene rings is 3. The monoisotopic (exact) mass is 481 g/mol. The molecule has 2 N–H and O–H groups in total. The lowest BCUT2D eigenvalue weighted by Gasteiger charge is -2.13. The van der Waals surface area contributed by atoms with Gasteiger partial charge in [0.25, 0.3) is 0 Å². The van der Waals surface area contributed by atoms with E-state index in [0.29, 0.717) is 41.2 Å². The van der Waals surface area contributed by atoms with E-state index >= 15 is 0 Å². The Morgan fingerprint density at radius 2 is 1.52 bits per heavy atom. The molecule has 5 nitrogen and oxygen atoms in total. The SMILES string of the molecule is COc1cc(CNCc2ccc(C(=O)O)cc2)ccc1OCc1ccc(Cl)c(Cl)c1.Cl. The average molecular weight is 483 g/mol. The van der Waals surface area contributed by atoms with E-state index in [1.165, 1.54) is 0 Å². The number of aromatic carboxylic acids is 1. The van der Waals surface area contributed by atoms with Gasteiger partial charge in [0.2, 0.25) is 0 Å². The molecule has 3 rings (SSSR count). The molecule has 164 valence electrons. The van der Waals surface area contributed by atoms with Gasteiger partial charge in [-0.3, -0.25) is 0 Å². The molecule has 0 bridgehead atoms. The van der Waals surface area contributed by atoms with Crippen LogP contribution in [0.5, 0.6) is 11.5 Å². The first-order valence-electron chi connectivity index (χ1n) is 9.23. The first kappa shape index (κ1) is 24.8. The molecular weight excluding hydrogens is 461 g/mol. The largest absolute Gasteiger partial charge is 0.493 e. The maximum Gasteiger partial charge on any atom is 0.335 e. The van der Waals surface area contributed by atoms with Gasteiger partial charge in [0.15, 0.2) is 11.5 Å². The highest BCUT2D eigenvalue weighted by Crippen LogP contribution is 2.30. The van der Waals surface area contributed by atoms with Crippen LogP contribution in [0, 0.1) is 0 Å². The lowest BCUT2D eigenvalue weighted by Crippen LogP contribution is -2.13. The summed E-state index contributed by atoms with van der Waals surface area (Å²) in [7, 11) is 1.60. The Balaban J connectivity index is 0.00000341. The van der Waals surface area contributed by atoms with E-state index in [0.717, 1.165) is 16.7 Å². The second kappa shape index (κ2) is 11.8. The van der Waals surface area contributed by atoms with Gasteiger partial charge in [-0.1, -0.05) is 47.5 Å². The molecule has 0 radical (unpaired) electrons. The van der Waals surface area contributed by atoms with Crippen molar-refractivity contribution < 1.29 is 19.4 Å². The van der Waals surface area contributed by atoms with Crippen LogP contribution in [-0.4, -0.2) is 18.2 Å². The number of rotatable bonds is 9. The number of hydrogen-bond donors (Lipinski definition) is 2. The van der Waals surface area contributed by atoms with Gasteiger partial charge < -0.3 is 19.9 Å². The Morgan fingerprint density at radius 1 is 0.871 bits per heavy atom. The van der Waals surface area contributed by atoms with Crippen LogP contribution in [0.15, 0.2) is 60.7 Å². The molecule has 3 aromatic carbocycles. The molecule has 31 heavy (non-hydrogen) atoms. The third-order valence-electron chi connectivity index (χ3n) is 4.47. The summed E-state index contributed by atoms with van der Waals surface area (Å²) in [5.74, 6) is 0.347. The van der Waals surface area contributed by atoms with Gasteiger partial charge in [-0.25, -0.2) is 4.79 Å². The standard InChI is InChI=1S/C23H21Cl2NO4.ClH/c1-29-22-11-16(13-26-12-15-2-6-18(7-3-15)23(27)28)5-9-21(22)30-14-17-4-8-19(24)20(25)10-17;/h2-11,26H,12-14H2,1H3,(H,27,28);1H. The zero-order valence-electron chi connectivity index (χ0n) is 16.7. The van der Waals surface area contributed by atoms with Crippen molar-refractivity contribution in [1.82, 2.24) is 5.32 Å². The molecular formula is C23H22Cl3NO4. The lowest BCUT2D eigenvalue weighted by molar-refractivity contribution is 0.0697. The van der Waals surface area contributed by atoms with Crippen LogP contribution in [0.4, 0.5) is 0 Å². The molecule has 0 unspecified atom stereocenters. The minimum absolute atomic E-state index is 0. The minimum Gasteiger partial charge on any atom is -0.493 e. The second-order valence-electron chi connectivity index (χ2n) is 6.63. The van der Waals surface area contributed by atoms with E-state index in [-0.39, 0.29) is 18.0 Å². The van der Waals surface area contributed by atoms with Crippen molar-refractivity contribution >= 4 is 41.6 Å². The predicted molar refractivity (Wildman–Crippen MR) is 125 cm³/mol. The summed E-state index contributed by atoms with van der Waals surface area (Å²) in [6.07, 6.45) is 0. The molecule has 0 aliphatic heterocycles. The minimum atomic E-state index is -0.928. The predicted octanol–water partition coefficient (Wildman–Crippen LogP) is 5.99. The highest BCUT2D eigenvalue weighted by Gasteiger charge is 2.08. The Morgan fingerprint density at radius 3 is 2.16 bits per heavy atom. The van der Waals surface area contributed by atoms with E-state index in [4.69, 9.17) is 37.8 Å². The molecule has 3 aromatic rings.